The molecule has 0 spiro atoms. The minimum atomic E-state index is -1.24. The second kappa shape index (κ2) is 8.60. The number of carbonyl (C=O) groups excluding carboxylic acids is 2. The first-order valence-electron chi connectivity index (χ1n) is 8.34. The predicted octanol–water partition coefficient (Wildman–Crippen LogP) is 0.971. The lowest BCUT2D eigenvalue weighted by Crippen LogP contribution is -2.48. The molecule has 1 aliphatic rings. The molecule has 25 heavy (non-hydrogen) atoms. The molecule has 0 saturated carbocycles. The molecule has 134 valence electrons. The van der Waals surface area contributed by atoms with Gasteiger partial charge in [-0.05, 0) is 26.0 Å². The molecule has 7 nitrogen and oxygen atoms in total. The van der Waals surface area contributed by atoms with Gasteiger partial charge in [0.2, 0.25) is 11.8 Å². The zero-order valence-corrected chi connectivity index (χ0v) is 14.7. The molecule has 1 heterocycles. The van der Waals surface area contributed by atoms with Gasteiger partial charge in [0.05, 0.1) is 24.5 Å². The van der Waals surface area contributed by atoms with E-state index in [0.717, 1.165) is 19.6 Å². The van der Waals surface area contributed by atoms with E-state index in [4.69, 9.17) is 10.00 Å². The molecule has 0 aliphatic carbocycles. The van der Waals surface area contributed by atoms with Crippen molar-refractivity contribution in [1.29, 1.82) is 5.26 Å². The molecular weight excluding hydrogens is 320 g/mol. The lowest BCUT2D eigenvalue weighted by molar-refractivity contribution is -0.138. The Bertz CT molecular complexity index is 661. The van der Waals surface area contributed by atoms with E-state index in [1.165, 1.54) is 0 Å². The van der Waals surface area contributed by atoms with Crippen LogP contribution in [0.3, 0.4) is 0 Å². The zero-order valence-electron chi connectivity index (χ0n) is 14.7. The largest absolute Gasteiger partial charge is 0.379 e. The summed E-state index contributed by atoms with van der Waals surface area (Å²) < 4.78 is 5.28. The summed E-state index contributed by atoms with van der Waals surface area (Å²) in [7, 11) is 0. The number of carbonyl (C=O) groups is 2. The molecule has 1 aromatic carbocycles. The molecule has 1 saturated heterocycles. The third-order valence-corrected chi connectivity index (χ3v) is 4.25. The van der Waals surface area contributed by atoms with Crippen LogP contribution < -0.4 is 10.6 Å². The summed E-state index contributed by atoms with van der Waals surface area (Å²) in [6, 6.07) is 8.73. The Hall–Kier alpha value is -2.43. The Labute approximate surface area is 147 Å². The number of amides is 2. The van der Waals surface area contributed by atoms with Crippen molar-refractivity contribution in [2.75, 3.05) is 44.7 Å². The van der Waals surface area contributed by atoms with Gasteiger partial charge in [-0.1, -0.05) is 12.1 Å². The standard InChI is InChI=1S/C18H24N4O3/c1-18(2,16(23)20-7-8-22-9-11-25-12-10-22)17(24)21-15-6-4-3-5-14(15)13-19/h3-6H,7-12H2,1-2H3,(H,20,23)(H,21,24). The number of benzene rings is 1. The molecule has 2 rings (SSSR count). The number of para-hydroxylation sites is 1. The van der Waals surface area contributed by atoms with Crippen LogP contribution in [0.2, 0.25) is 0 Å². The van der Waals surface area contributed by atoms with Crippen LogP contribution >= 0.6 is 0 Å². The normalized spacial score (nSPS) is 15.2. The summed E-state index contributed by atoms with van der Waals surface area (Å²) in [6.45, 7) is 7.47. The Balaban J connectivity index is 1.88. The van der Waals surface area contributed by atoms with Gasteiger partial charge >= 0.3 is 0 Å². The van der Waals surface area contributed by atoms with E-state index < -0.39 is 11.3 Å². The molecule has 1 fully saturated rings. The van der Waals surface area contributed by atoms with E-state index in [-0.39, 0.29) is 5.91 Å². The van der Waals surface area contributed by atoms with Gasteiger partial charge in [-0.25, -0.2) is 0 Å². The lowest BCUT2D eigenvalue weighted by Gasteiger charge is -2.27. The second-order valence-electron chi connectivity index (χ2n) is 6.45. The lowest BCUT2D eigenvalue weighted by atomic mass is 9.90. The van der Waals surface area contributed by atoms with Crippen molar-refractivity contribution in [3.05, 3.63) is 29.8 Å². The SMILES string of the molecule is CC(C)(C(=O)NCCN1CCOCC1)C(=O)Nc1ccccc1C#N. The van der Waals surface area contributed by atoms with Gasteiger partial charge in [-0.15, -0.1) is 0 Å². The number of anilines is 1. The highest BCUT2D eigenvalue weighted by molar-refractivity contribution is 6.10. The number of rotatable bonds is 6. The summed E-state index contributed by atoms with van der Waals surface area (Å²) in [5.74, 6) is -0.785. The molecule has 0 atom stereocenters. The summed E-state index contributed by atoms with van der Waals surface area (Å²) in [4.78, 5) is 27.1. The smallest absolute Gasteiger partial charge is 0.239 e. The van der Waals surface area contributed by atoms with Crippen molar-refractivity contribution >= 4 is 17.5 Å². The summed E-state index contributed by atoms with van der Waals surface area (Å²) in [5, 5.41) is 14.6. The van der Waals surface area contributed by atoms with Gasteiger partial charge in [0, 0.05) is 26.2 Å². The van der Waals surface area contributed by atoms with Crippen LogP contribution in [-0.2, 0) is 14.3 Å². The zero-order chi connectivity index (χ0) is 18.3. The monoisotopic (exact) mass is 344 g/mol. The van der Waals surface area contributed by atoms with Gasteiger partial charge in [-0.2, -0.15) is 5.26 Å². The summed E-state index contributed by atoms with van der Waals surface area (Å²) in [6.07, 6.45) is 0. The number of nitrogens with zero attached hydrogens (tertiary/aromatic N) is 2. The predicted molar refractivity (Wildman–Crippen MR) is 93.8 cm³/mol. The molecule has 0 bridgehead atoms. The first-order chi connectivity index (χ1) is 11.9. The van der Waals surface area contributed by atoms with Crippen molar-refractivity contribution in [3.8, 4) is 6.07 Å². The quantitative estimate of drug-likeness (QED) is 0.750. The Morgan fingerprint density at radius 2 is 1.92 bits per heavy atom. The van der Waals surface area contributed by atoms with Crippen LogP contribution in [0.5, 0.6) is 0 Å². The number of hydrogen-bond donors (Lipinski definition) is 2. The second-order valence-corrected chi connectivity index (χ2v) is 6.45. The van der Waals surface area contributed by atoms with Crippen molar-refractivity contribution in [2.24, 2.45) is 5.41 Å². The average Bonchev–Trinajstić information content (AvgIpc) is 2.62. The molecular formula is C18H24N4O3. The fourth-order valence-electron chi connectivity index (χ4n) is 2.44. The van der Waals surface area contributed by atoms with Gasteiger partial charge in [0.25, 0.3) is 0 Å². The molecule has 0 unspecified atom stereocenters. The van der Waals surface area contributed by atoms with Crippen molar-refractivity contribution in [1.82, 2.24) is 10.2 Å². The van der Waals surface area contributed by atoms with E-state index in [1.807, 2.05) is 6.07 Å². The van der Waals surface area contributed by atoms with Crippen LogP contribution in [0, 0.1) is 16.7 Å². The average molecular weight is 344 g/mol. The topological polar surface area (TPSA) is 94.5 Å². The van der Waals surface area contributed by atoms with E-state index in [2.05, 4.69) is 15.5 Å². The fourth-order valence-corrected chi connectivity index (χ4v) is 2.44. The third-order valence-electron chi connectivity index (χ3n) is 4.25. The minimum Gasteiger partial charge on any atom is -0.379 e. The van der Waals surface area contributed by atoms with Crippen LogP contribution in [0.4, 0.5) is 5.69 Å². The maximum Gasteiger partial charge on any atom is 0.239 e. The first kappa shape index (κ1) is 18.9. The number of morpholine rings is 1. The van der Waals surface area contributed by atoms with Gasteiger partial charge < -0.3 is 15.4 Å². The Morgan fingerprint density at radius 3 is 2.60 bits per heavy atom. The van der Waals surface area contributed by atoms with Gasteiger partial charge in [0.15, 0.2) is 0 Å². The van der Waals surface area contributed by atoms with Crippen molar-refractivity contribution < 1.29 is 14.3 Å². The Morgan fingerprint density at radius 1 is 1.24 bits per heavy atom. The van der Waals surface area contributed by atoms with E-state index in [9.17, 15) is 9.59 Å². The molecule has 0 radical (unpaired) electrons. The highest BCUT2D eigenvalue weighted by atomic mass is 16.5. The molecule has 1 aromatic rings. The van der Waals surface area contributed by atoms with Crippen molar-refractivity contribution in [2.45, 2.75) is 13.8 Å². The van der Waals surface area contributed by atoms with E-state index in [0.29, 0.717) is 31.0 Å². The number of nitrogens with one attached hydrogen (secondary N) is 2. The Kier molecular flexibility index (Phi) is 6.51. The number of ether oxygens (including phenoxy) is 1. The number of nitriles is 1. The molecule has 7 heteroatoms. The van der Waals surface area contributed by atoms with Crippen LogP contribution in [0.15, 0.2) is 24.3 Å². The summed E-state index contributed by atoms with van der Waals surface area (Å²) in [5.41, 5.74) is -0.475. The van der Waals surface area contributed by atoms with E-state index in [1.54, 1.807) is 38.1 Å². The molecule has 2 N–H and O–H groups in total. The first-order valence-corrected chi connectivity index (χ1v) is 8.34. The van der Waals surface area contributed by atoms with Gasteiger partial charge in [-0.3, -0.25) is 14.5 Å². The maximum atomic E-state index is 12.5. The molecule has 2 amide bonds. The van der Waals surface area contributed by atoms with Crippen LogP contribution in [0.25, 0.3) is 0 Å². The maximum absolute atomic E-state index is 12.5. The molecule has 0 aromatic heterocycles. The van der Waals surface area contributed by atoms with Crippen LogP contribution in [0.1, 0.15) is 19.4 Å². The summed E-state index contributed by atoms with van der Waals surface area (Å²) >= 11 is 0. The fraction of sp³-hybridized carbons (Fsp3) is 0.500. The highest BCUT2D eigenvalue weighted by Gasteiger charge is 2.36. The van der Waals surface area contributed by atoms with Crippen LogP contribution in [-0.4, -0.2) is 56.1 Å². The van der Waals surface area contributed by atoms with Crippen molar-refractivity contribution in [3.63, 3.8) is 0 Å². The highest BCUT2D eigenvalue weighted by Crippen LogP contribution is 2.21. The minimum absolute atomic E-state index is 0.340. The molecule has 1 aliphatic heterocycles. The van der Waals surface area contributed by atoms with Gasteiger partial charge in [0.1, 0.15) is 11.5 Å². The number of hydrogen-bond acceptors (Lipinski definition) is 5. The third kappa shape index (κ3) is 5.02. The van der Waals surface area contributed by atoms with E-state index >= 15 is 0 Å².